The second-order valence-electron chi connectivity index (χ2n) is 5.10. The van der Waals surface area contributed by atoms with E-state index in [-0.39, 0.29) is 5.91 Å². The van der Waals surface area contributed by atoms with Gasteiger partial charge in [-0.15, -0.1) is 0 Å². The average Bonchev–Trinajstić information content (AvgIpc) is 2.44. The Bertz CT molecular complexity index is 388. The van der Waals surface area contributed by atoms with Crippen LogP contribution in [0.2, 0.25) is 0 Å². The zero-order chi connectivity index (χ0) is 14.8. The van der Waals surface area contributed by atoms with Crippen LogP contribution in [-0.2, 0) is 11.2 Å². The van der Waals surface area contributed by atoms with Crippen molar-refractivity contribution in [2.24, 2.45) is 0 Å². The first-order chi connectivity index (χ1) is 9.61. The molecule has 112 valence electrons. The predicted molar refractivity (Wildman–Crippen MR) is 82.1 cm³/mol. The van der Waals surface area contributed by atoms with E-state index >= 15 is 0 Å². The minimum Gasteiger partial charge on any atom is -0.493 e. The lowest BCUT2D eigenvalue weighted by Crippen LogP contribution is -2.28. The molecule has 0 aliphatic carbocycles. The number of ether oxygens (including phenoxy) is 1. The van der Waals surface area contributed by atoms with Gasteiger partial charge in [0.2, 0.25) is 5.91 Å². The Kier molecular flexibility index (Phi) is 7.73. The normalized spacial score (nSPS) is 10.6. The number of nitrogens with zero attached hydrogens (tertiary/aromatic N) is 1. The van der Waals surface area contributed by atoms with Crippen LogP contribution >= 0.6 is 0 Å². The van der Waals surface area contributed by atoms with Gasteiger partial charge in [-0.1, -0.05) is 19.1 Å². The lowest BCUT2D eigenvalue weighted by atomic mass is 10.2. The molecule has 0 heterocycles. The van der Waals surface area contributed by atoms with Gasteiger partial charge in [0, 0.05) is 6.54 Å². The fourth-order valence-electron chi connectivity index (χ4n) is 1.79. The Morgan fingerprint density at radius 2 is 1.95 bits per heavy atom. The average molecular weight is 278 g/mol. The maximum absolute atomic E-state index is 11.6. The molecule has 0 aromatic heterocycles. The van der Waals surface area contributed by atoms with Gasteiger partial charge in [-0.05, 0) is 51.2 Å². The van der Waals surface area contributed by atoms with Crippen LogP contribution < -0.4 is 10.1 Å². The first-order valence-electron chi connectivity index (χ1n) is 7.25. The van der Waals surface area contributed by atoms with Crippen LogP contribution in [0.4, 0.5) is 0 Å². The van der Waals surface area contributed by atoms with Crippen molar-refractivity contribution in [2.75, 3.05) is 33.8 Å². The highest BCUT2D eigenvalue weighted by molar-refractivity contribution is 5.75. The quantitative estimate of drug-likeness (QED) is 0.703. The van der Waals surface area contributed by atoms with Gasteiger partial charge >= 0.3 is 0 Å². The summed E-state index contributed by atoms with van der Waals surface area (Å²) in [4.78, 5) is 13.7. The molecular formula is C16H26N2O2. The molecule has 0 radical (unpaired) electrons. The molecule has 0 saturated carbocycles. The maximum atomic E-state index is 11.6. The summed E-state index contributed by atoms with van der Waals surface area (Å²) < 4.78 is 5.55. The molecular weight excluding hydrogens is 252 g/mol. The van der Waals surface area contributed by atoms with E-state index in [0.29, 0.717) is 13.0 Å². The summed E-state index contributed by atoms with van der Waals surface area (Å²) in [6.07, 6.45) is 2.39. The fraction of sp³-hybridized carbons (Fsp3) is 0.562. The van der Waals surface area contributed by atoms with Crippen LogP contribution in [0.25, 0.3) is 0 Å². The second kappa shape index (κ2) is 9.37. The van der Waals surface area contributed by atoms with Crippen molar-refractivity contribution in [3.8, 4) is 5.75 Å². The summed E-state index contributed by atoms with van der Waals surface area (Å²) in [5.74, 6) is 0.872. The van der Waals surface area contributed by atoms with Crippen LogP contribution in [0.15, 0.2) is 24.3 Å². The Labute approximate surface area is 122 Å². The van der Waals surface area contributed by atoms with Gasteiger partial charge in [-0.25, -0.2) is 0 Å². The van der Waals surface area contributed by atoms with E-state index < -0.39 is 0 Å². The standard InChI is InChI=1S/C16H26N2O2/c1-4-14-6-8-15(9-7-14)20-13-10-16(19)17-11-5-12-18(2)3/h6-9H,4-5,10-13H2,1-3H3,(H,17,19). The van der Waals surface area contributed by atoms with Crippen molar-refractivity contribution in [2.45, 2.75) is 26.2 Å². The van der Waals surface area contributed by atoms with Crippen LogP contribution in [0.3, 0.4) is 0 Å². The van der Waals surface area contributed by atoms with Crippen LogP contribution in [0.1, 0.15) is 25.3 Å². The van der Waals surface area contributed by atoms with Crippen molar-refractivity contribution < 1.29 is 9.53 Å². The van der Waals surface area contributed by atoms with Gasteiger partial charge in [0.1, 0.15) is 5.75 Å². The Balaban J connectivity index is 2.11. The molecule has 0 spiro atoms. The smallest absolute Gasteiger partial charge is 0.223 e. The fourth-order valence-corrected chi connectivity index (χ4v) is 1.79. The van der Waals surface area contributed by atoms with Crippen molar-refractivity contribution in [1.82, 2.24) is 10.2 Å². The molecule has 0 unspecified atom stereocenters. The highest BCUT2D eigenvalue weighted by atomic mass is 16.5. The number of hydrogen-bond donors (Lipinski definition) is 1. The van der Waals surface area contributed by atoms with Gasteiger partial charge in [0.25, 0.3) is 0 Å². The molecule has 0 atom stereocenters. The number of rotatable bonds is 9. The summed E-state index contributed by atoms with van der Waals surface area (Å²) in [6, 6.07) is 8.01. The molecule has 0 aliphatic heterocycles. The van der Waals surface area contributed by atoms with E-state index in [2.05, 4.69) is 29.3 Å². The summed E-state index contributed by atoms with van der Waals surface area (Å²) in [6.45, 7) is 4.25. The molecule has 4 nitrogen and oxygen atoms in total. The Morgan fingerprint density at radius 1 is 1.25 bits per heavy atom. The molecule has 0 fully saturated rings. The van der Waals surface area contributed by atoms with E-state index in [0.717, 1.165) is 31.7 Å². The Morgan fingerprint density at radius 3 is 2.55 bits per heavy atom. The van der Waals surface area contributed by atoms with Crippen molar-refractivity contribution >= 4 is 5.91 Å². The summed E-state index contributed by atoms with van der Waals surface area (Å²) in [5.41, 5.74) is 1.29. The summed E-state index contributed by atoms with van der Waals surface area (Å²) in [7, 11) is 4.05. The number of carbonyl (C=O) groups is 1. The molecule has 0 aliphatic rings. The van der Waals surface area contributed by atoms with E-state index in [9.17, 15) is 4.79 Å². The first kappa shape index (κ1) is 16.5. The third-order valence-electron chi connectivity index (χ3n) is 3.03. The lowest BCUT2D eigenvalue weighted by molar-refractivity contribution is -0.121. The van der Waals surface area contributed by atoms with Gasteiger partial charge in [0.05, 0.1) is 13.0 Å². The third-order valence-corrected chi connectivity index (χ3v) is 3.03. The number of amides is 1. The molecule has 1 aromatic rings. The topological polar surface area (TPSA) is 41.6 Å². The Hall–Kier alpha value is -1.55. The van der Waals surface area contributed by atoms with Crippen LogP contribution in [0, 0.1) is 0 Å². The van der Waals surface area contributed by atoms with Gasteiger partial charge in [0.15, 0.2) is 0 Å². The summed E-state index contributed by atoms with van der Waals surface area (Å²) in [5, 5.41) is 2.90. The highest BCUT2D eigenvalue weighted by Crippen LogP contribution is 2.12. The van der Waals surface area contributed by atoms with Crippen molar-refractivity contribution in [1.29, 1.82) is 0 Å². The predicted octanol–water partition coefficient (Wildman–Crippen LogP) is 2.09. The van der Waals surface area contributed by atoms with Crippen molar-refractivity contribution in [3.05, 3.63) is 29.8 Å². The second-order valence-corrected chi connectivity index (χ2v) is 5.10. The molecule has 0 saturated heterocycles. The molecule has 20 heavy (non-hydrogen) atoms. The van der Waals surface area contributed by atoms with E-state index in [4.69, 9.17) is 4.74 Å². The molecule has 0 bridgehead atoms. The first-order valence-corrected chi connectivity index (χ1v) is 7.25. The van der Waals surface area contributed by atoms with Gasteiger partial charge in [-0.2, -0.15) is 0 Å². The van der Waals surface area contributed by atoms with Gasteiger partial charge < -0.3 is 15.0 Å². The number of hydrogen-bond acceptors (Lipinski definition) is 3. The van der Waals surface area contributed by atoms with Gasteiger partial charge in [-0.3, -0.25) is 4.79 Å². The highest BCUT2D eigenvalue weighted by Gasteiger charge is 2.01. The number of carbonyl (C=O) groups excluding carboxylic acids is 1. The SMILES string of the molecule is CCc1ccc(OCCC(=O)NCCCN(C)C)cc1. The lowest BCUT2D eigenvalue weighted by Gasteiger charge is -2.10. The largest absolute Gasteiger partial charge is 0.493 e. The minimum atomic E-state index is 0.0499. The zero-order valence-electron chi connectivity index (χ0n) is 12.8. The van der Waals surface area contributed by atoms with E-state index in [1.807, 2.05) is 26.2 Å². The van der Waals surface area contributed by atoms with Crippen LogP contribution in [-0.4, -0.2) is 44.6 Å². The van der Waals surface area contributed by atoms with Crippen LogP contribution in [0.5, 0.6) is 5.75 Å². The third kappa shape index (κ3) is 7.14. The number of nitrogens with one attached hydrogen (secondary N) is 1. The van der Waals surface area contributed by atoms with E-state index in [1.54, 1.807) is 0 Å². The molecule has 1 amide bonds. The molecule has 1 aromatic carbocycles. The molecule has 1 rings (SSSR count). The van der Waals surface area contributed by atoms with Crippen molar-refractivity contribution in [3.63, 3.8) is 0 Å². The molecule has 4 heteroatoms. The number of benzene rings is 1. The number of aryl methyl sites for hydroxylation is 1. The summed E-state index contributed by atoms with van der Waals surface area (Å²) >= 11 is 0. The molecule has 1 N–H and O–H groups in total. The maximum Gasteiger partial charge on any atom is 0.223 e. The van der Waals surface area contributed by atoms with E-state index in [1.165, 1.54) is 5.56 Å². The minimum absolute atomic E-state index is 0.0499. The zero-order valence-corrected chi connectivity index (χ0v) is 12.8. The monoisotopic (exact) mass is 278 g/mol.